The Balaban J connectivity index is 3.05. The van der Waals surface area contributed by atoms with Gasteiger partial charge in [0.1, 0.15) is 0 Å². The maximum atomic E-state index is 9.35. The molecule has 0 fully saturated rings. The van der Waals surface area contributed by atoms with Crippen LogP contribution >= 0.6 is 0 Å². The molecule has 2 unspecified atom stereocenters. The second-order valence-corrected chi connectivity index (χ2v) is 4.57. The highest BCUT2D eigenvalue weighted by Crippen LogP contribution is 2.11. The predicted molar refractivity (Wildman–Crippen MR) is 64.9 cm³/mol. The van der Waals surface area contributed by atoms with Crippen LogP contribution in [0, 0.1) is 0 Å². The van der Waals surface area contributed by atoms with Gasteiger partial charge in [-0.25, -0.2) is 0 Å². The van der Waals surface area contributed by atoms with Crippen molar-refractivity contribution in [1.82, 2.24) is 0 Å². The molecule has 2 atom stereocenters. The first-order valence-electron chi connectivity index (χ1n) is 6.54. The van der Waals surface area contributed by atoms with Crippen LogP contribution in [-0.4, -0.2) is 22.4 Å². The molecule has 0 aromatic heterocycles. The van der Waals surface area contributed by atoms with E-state index in [0.717, 1.165) is 12.8 Å². The van der Waals surface area contributed by atoms with Crippen molar-refractivity contribution in [2.75, 3.05) is 0 Å². The van der Waals surface area contributed by atoms with Crippen molar-refractivity contribution in [3.05, 3.63) is 0 Å². The Morgan fingerprint density at radius 1 is 0.800 bits per heavy atom. The molecule has 2 nitrogen and oxygen atoms in total. The van der Waals surface area contributed by atoms with Crippen LogP contribution in [0.1, 0.15) is 71.6 Å². The Morgan fingerprint density at radius 3 is 1.73 bits per heavy atom. The third kappa shape index (κ3) is 10.2. The molecular formula is C13H28O2. The SMILES string of the molecule is CCCCCCCCCCC(O)C(C)O. The molecule has 0 aromatic rings. The highest BCUT2D eigenvalue weighted by Gasteiger charge is 2.09. The van der Waals surface area contributed by atoms with Crippen molar-refractivity contribution in [2.45, 2.75) is 83.8 Å². The van der Waals surface area contributed by atoms with E-state index in [0.29, 0.717) is 0 Å². The Bertz CT molecular complexity index is 124. The fourth-order valence-electron chi connectivity index (χ4n) is 1.73. The van der Waals surface area contributed by atoms with Crippen LogP contribution < -0.4 is 0 Å². The van der Waals surface area contributed by atoms with Gasteiger partial charge in [-0.15, -0.1) is 0 Å². The molecule has 2 N–H and O–H groups in total. The number of aliphatic hydroxyl groups is 2. The van der Waals surface area contributed by atoms with Crippen molar-refractivity contribution in [3.8, 4) is 0 Å². The first kappa shape index (κ1) is 14.9. The summed E-state index contributed by atoms with van der Waals surface area (Å²) in [6, 6.07) is 0. The summed E-state index contributed by atoms with van der Waals surface area (Å²) in [6.45, 7) is 3.88. The Hall–Kier alpha value is -0.0800. The summed E-state index contributed by atoms with van der Waals surface area (Å²) in [4.78, 5) is 0. The second kappa shape index (κ2) is 10.4. The van der Waals surface area contributed by atoms with Gasteiger partial charge >= 0.3 is 0 Å². The van der Waals surface area contributed by atoms with Gasteiger partial charge in [0.15, 0.2) is 0 Å². The Morgan fingerprint density at radius 2 is 1.27 bits per heavy atom. The zero-order valence-electron chi connectivity index (χ0n) is 10.4. The van der Waals surface area contributed by atoms with Gasteiger partial charge < -0.3 is 10.2 Å². The molecule has 0 aliphatic carbocycles. The zero-order chi connectivity index (χ0) is 11.5. The number of unbranched alkanes of at least 4 members (excludes halogenated alkanes) is 7. The molecule has 0 aliphatic heterocycles. The number of rotatable bonds is 10. The lowest BCUT2D eigenvalue weighted by Crippen LogP contribution is -2.21. The van der Waals surface area contributed by atoms with Crippen LogP contribution in [0.4, 0.5) is 0 Å². The summed E-state index contributed by atoms with van der Waals surface area (Å²) in [7, 11) is 0. The van der Waals surface area contributed by atoms with E-state index in [1.54, 1.807) is 6.92 Å². The molecule has 0 spiro atoms. The minimum atomic E-state index is -0.574. The zero-order valence-corrected chi connectivity index (χ0v) is 10.4. The van der Waals surface area contributed by atoms with Crippen LogP contribution in [0.5, 0.6) is 0 Å². The summed E-state index contributed by atoms with van der Waals surface area (Å²) < 4.78 is 0. The molecule has 0 aliphatic rings. The maximum absolute atomic E-state index is 9.35. The van der Waals surface area contributed by atoms with Gasteiger partial charge in [-0.2, -0.15) is 0 Å². The van der Waals surface area contributed by atoms with Crippen molar-refractivity contribution >= 4 is 0 Å². The molecule has 0 amide bonds. The van der Waals surface area contributed by atoms with Crippen molar-refractivity contribution in [1.29, 1.82) is 0 Å². The molecule has 15 heavy (non-hydrogen) atoms. The molecule has 0 aromatic carbocycles. The van der Waals surface area contributed by atoms with E-state index in [2.05, 4.69) is 6.92 Å². The summed E-state index contributed by atoms with van der Waals surface area (Å²) in [5.74, 6) is 0. The number of hydrogen-bond donors (Lipinski definition) is 2. The van der Waals surface area contributed by atoms with Crippen molar-refractivity contribution in [2.24, 2.45) is 0 Å². The normalized spacial score (nSPS) is 15.2. The lowest BCUT2D eigenvalue weighted by molar-refractivity contribution is 0.0247. The minimum Gasteiger partial charge on any atom is -0.391 e. The summed E-state index contributed by atoms with van der Waals surface area (Å²) in [6.07, 6.45) is 9.87. The first-order chi connectivity index (χ1) is 7.18. The maximum Gasteiger partial charge on any atom is 0.0796 e. The smallest absolute Gasteiger partial charge is 0.0796 e. The van der Waals surface area contributed by atoms with Gasteiger partial charge in [0.2, 0.25) is 0 Å². The third-order valence-electron chi connectivity index (χ3n) is 2.91. The van der Waals surface area contributed by atoms with E-state index in [9.17, 15) is 5.11 Å². The molecular weight excluding hydrogens is 188 g/mol. The number of hydrogen-bond acceptors (Lipinski definition) is 2. The molecule has 0 heterocycles. The molecule has 0 saturated heterocycles. The first-order valence-corrected chi connectivity index (χ1v) is 6.54. The standard InChI is InChI=1S/C13H28O2/c1-3-4-5-6-7-8-9-10-11-13(15)12(2)14/h12-15H,3-11H2,1-2H3. The van der Waals surface area contributed by atoms with Crippen LogP contribution in [0.2, 0.25) is 0 Å². The third-order valence-corrected chi connectivity index (χ3v) is 2.91. The average Bonchev–Trinajstić information content (AvgIpc) is 2.21. The monoisotopic (exact) mass is 216 g/mol. The minimum absolute atomic E-state index is 0.523. The lowest BCUT2D eigenvalue weighted by atomic mass is 10.0. The van der Waals surface area contributed by atoms with E-state index in [-0.39, 0.29) is 0 Å². The van der Waals surface area contributed by atoms with Crippen LogP contribution in [0.25, 0.3) is 0 Å². The van der Waals surface area contributed by atoms with Crippen LogP contribution in [-0.2, 0) is 0 Å². The summed E-state index contributed by atoms with van der Waals surface area (Å²) in [5.41, 5.74) is 0. The van der Waals surface area contributed by atoms with Crippen molar-refractivity contribution < 1.29 is 10.2 Å². The lowest BCUT2D eigenvalue weighted by Gasteiger charge is -2.12. The summed E-state index contributed by atoms with van der Waals surface area (Å²) in [5, 5.41) is 18.4. The van der Waals surface area contributed by atoms with E-state index >= 15 is 0 Å². The van der Waals surface area contributed by atoms with Gasteiger partial charge in [-0.3, -0.25) is 0 Å². The molecule has 0 rings (SSSR count). The average molecular weight is 216 g/mol. The predicted octanol–water partition coefficient (Wildman–Crippen LogP) is 3.26. The number of aliphatic hydroxyl groups excluding tert-OH is 2. The van der Waals surface area contributed by atoms with Gasteiger partial charge in [-0.05, 0) is 13.3 Å². The van der Waals surface area contributed by atoms with E-state index < -0.39 is 12.2 Å². The van der Waals surface area contributed by atoms with Crippen molar-refractivity contribution in [3.63, 3.8) is 0 Å². The van der Waals surface area contributed by atoms with Gasteiger partial charge in [0.25, 0.3) is 0 Å². The molecule has 0 saturated carbocycles. The van der Waals surface area contributed by atoms with E-state index in [1.165, 1.54) is 44.9 Å². The molecule has 2 heteroatoms. The topological polar surface area (TPSA) is 40.5 Å². The van der Waals surface area contributed by atoms with Gasteiger partial charge in [0.05, 0.1) is 12.2 Å². The molecule has 0 radical (unpaired) electrons. The molecule has 0 bridgehead atoms. The quantitative estimate of drug-likeness (QED) is 0.550. The fourth-order valence-corrected chi connectivity index (χ4v) is 1.73. The molecule has 92 valence electrons. The van der Waals surface area contributed by atoms with Gasteiger partial charge in [0, 0.05) is 0 Å². The Kier molecular flexibility index (Phi) is 10.4. The summed E-state index contributed by atoms with van der Waals surface area (Å²) >= 11 is 0. The highest BCUT2D eigenvalue weighted by molar-refractivity contribution is 4.61. The largest absolute Gasteiger partial charge is 0.391 e. The van der Waals surface area contributed by atoms with Crippen LogP contribution in [0.3, 0.4) is 0 Å². The second-order valence-electron chi connectivity index (χ2n) is 4.57. The van der Waals surface area contributed by atoms with Crippen LogP contribution in [0.15, 0.2) is 0 Å². The Labute approximate surface area is 94.7 Å². The highest BCUT2D eigenvalue weighted by atomic mass is 16.3. The van der Waals surface area contributed by atoms with E-state index in [1.807, 2.05) is 0 Å². The van der Waals surface area contributed by atoms with Gasteiger partial charge in [-0.1, -0.05) is 58.3 Å². The van der Waals surface area contributed by atoms with E-state index in [4.69, 9.17) is 5.11 Å². The fraction of sp³-hybridized carbons (Fsp3) is 1.00.